The summed E-state index contributed by atoms with van der Waals surface area (Å²) < 4.78 is 0. The number of aryl methyl sites for hydroxylation is 2. The number of carbonyl (C=O) groups excluding carboxylic acids is 1. The Bertz CT molecular complexity index is 637. The Kier molecular flexibility index (Phi) is 9.17. The summed E-state index contributed by atoms with van der Waals surface area (Å²) in [5, 5.41) is 0. The van der Waals surface area contributed by atoms with Crippen LogP contribution < -0.4 is 0 Å². The molecule has 0 fully saturated rings. The minimum Gasteiger partial charge on any atom is -0.294 e. The van der Waals surface area contributed by atoms with Gasteiger partial charge in [-0.15, -0.1) is 0 Å². The van der Waals surface area contributed by atoms with E-state index in [1.807, 2.05) is 24.3 Å². The lowest BCUT2D eigenvalue weighted by Gasteiger charge is -2.05. The Balaban J connectivity index is 1.68. The van der Waals surface area contributed by atoms with Crippen LogP contribution in [0, 0.1) is 6.92 Å². The molecule has 0 aliphatic rings. The summed E-state index contributed by atoms with van der Waals surface area (Å²) in [5.41, 5.74) is 4.49. The standard InChI is InChI=1S/C25H34O/c1-3-4-5-6-7-8-9-10-11-22-16-18-24(19-17-22)25(26)20-23-14-12-21(2)13-15-23/h12-19H,3-11,20H2,1-2H3. The molecule has 0 N–H and O–H groups in total. The first-order valence-electron chi connectivity index (χ1n) is 10.4. The Hall–Kier alpha value is -1.89. The molecule has 0 heterocycles. The van der Waals surface area contributed by atoms with E-state index < -0.39 is 0 Å². The third-order valence-corrected chi connectivity index (χ3v) is 5.08. The van der Waals surface area contributed by atoms with Crippen LogP contribution >= 0.6 is 0 Å². The fourth-order valence-electron chi connectivity index (χ4n) is 3.31. The molecule has 2 aromatic carbocycles. The van der Waals surface area contributed by atoms with E-state index in [1.54, 1.807) is 0 Å². The molecule has 0 aliphatic carbocycles. The molecule has 0 bridgehead atoms. The van der Waals surface area contributed by atoms with Crippen LogP contribution in [0.3, 0.4) is 0 Å². The number of hydrogen-bond donors (Lipinski definition) is 0. The van der Waals surface area contributed by atoms with Crippen molar-refractivity contribution in [3.63, 3.8) is 0 Å². The maximum Gasteiger partial charge on any atom is 0.167 e. The van der Waals surface area contributed by atoms with Crippen LogP contribution in [0.15, 0.2) is 48.5 Å². The summed E-state index contributed by atoms with van der Waals surface area (Å²) in [6, 6.07) is 16.5. The van der Waals surface area contributed by atoms with Crippen LogP contribution in [0.5, 0.6) is 0 Å². The molecule has 0 amide bonds. The molecule has 26 heavy (non-hydrogen) atoms. The molecule has 0 unspecified atom stereocenters. The number of benzene rings is 2. The topological polar surface area (TPSA) is 17.1 Å². The second-order valence-corrected chi connectivity index (χ2v) is 7.51. The summed E-state index contributed by atoms with van der Waals surface area (Å²) in [4.78, 5) is 12.4. The molecule has 0 atom stereocenters. The third-order valence-electron chi connectivity index (χ3n) is 5.08. The second-order valence-electron chi connectivity index (χ2n) is 7.51. The number of rotatable bonds is 12. The van der Waals surface area contributed by atoms with E-state index in [4.69, 9.17) is 0 Å². The Morgan fingerprint density at radius 2 is 1.23 bits per heavy atom. The van der Waals surface area contributed by atoms with Gasteiger partial charge in [0.05, 0.1) is 0 Å². The minimum absolute atomic E-state index is 0.201. The predicted octanol–water partition coefficient (Wildman–Crippen LogP) is 7.10. The molecule has 0 radical (unpaired) electrons. The van der Waals surface area contributed by atoms with Gasteiger partial charge in [-0.2, -0.15) is 0 Å². The number of hydrogen-bond acceptors (Lipinski definition) is 1. The average molecular weight is 351 g/mol. The zero-order valence-corrected chi connectivity index (χ0v) is 16.6. The highest BCUT2D eigenvalue weighted by Gasteiger charge is 2.07. The van der Waals surface area contributed by atoms with E-state index in [0.29, 0.717) is 6.42 Å². The van der Waals surface area contributed by atoms with Gasteiger partial charge in [0, 0.05) is 12.0 Å². The third kappa shape index (κ3) is 7.56. The summed E-state index contributed by atoms with van der Waals surface area (Å²) in [6.07, 6.45) is 12.4. The maximum absolute atomic E-state index is 12.4. The highest BCUT2D eigenvalue weighted by molar-refractivity contribution is 5.97. The zero-order valence-electron chi connectivity index (χ0n) is 16.6. The first-order chi connectivity index (χ1) is 12.7. The minimum atomic E-state index is 0.201. The van der Waals surface area contributed by atoms with Crippen molar-refractivity contribution >= 4 is 5.78 Å². The molecule has 2 rings (SSSR count). The molecule has 0 saturated carbocycles. The van der Waals surface area contributed by atoms with Gasteiger partial charge in [-0.1, -0.05) is 106 Å². The fourth-order valence-corrected chi connectivity index (χ4v) is 3.31. The van der Waals surface area contributed by atoms with Gasteiger partial charge in [0.25, 0.3) is 0 Å². The van der Waals surface area contributed by atoms with Gasteiger partial charge in [-0.25, -0.2) is 0 Å². The van der Waals surface area contributed by atoms with Gasteiger partial charge in [0.1, 0.15) is 0 Å². The number of unbranched alkanes of at least 4 members (excludes halogenated alkanes) is 7. The molecule has 0 aliphatic heterocycles. The lowest BCUT2D eigenvalue weighted by molar-refractivity contribution is 0.0993. The molecular weight excluding hydrogens is 316 g/mol. The average Bonchev–Trinajstić information content (AvgIpc) is 2.66. The van der Waals surface area contributed by atoms with E-state index in [1.165, 1.54) is 62.5 Å². The van der Waals surface area contributed by atoms with Crippen molar-refractivity contribution in [2.45, 2.75) is 78.1 Å². The predicted molar refractivity (Wildman–Crippen MR) is 112 cm³/mol. The first-order valence-corrected chi connectivity index (χ1v) is 10.4. The monoisotopic (exact) mass is 350 g/mol. The van der Waals surface area contributed by atoms with Crippen LogP contribution in [-0.2, 0) is 12.8 Å². The van der Waals surface area contributed by atoms with E-state index in [9.17, 15) is 4.79 Å². The molecule has 1 nitrogen and oxygen atoms in total. The smallest absolute Gasteiger partial charge is 0.167 e. The van der Waals surface area contributed by atoms with Crippen LogP contribution in [0.2, 0.25) is 0 Å². The lowest BCUT2D eigenvalue weighted by Crippen LogP contribution is -2.03. The fraction of sp³-hybridized carbons (Fsp3) is 0.480. The van der Waals surface area contributed by atoms with E-state index in [2.05, 4.69) is 38.1 Å². The normalized spacial score (nSPS) is 10.8. The van der Waals surface area contributed by atoms with Crippen molar-refractivity contribution < 1.29 is 4.79 Å². The van der Waals surface area contributed by atoms with Gasteiger partial charge >= 0.3 is 0 Å². The van der Waals surface area contributed by atoms with Crippen LogP contribution in [0.25, 0.3) is 0 Å². The van der Waals surface area contributed by atoms with Crippen LogP contribution in [0.1, 0.15) is 85.3 Å². The molecule has 1 heteroatoms. The molecule has 0 spiro atoms. The maximum atomic E-state index is 12.4. The van der Waals surface area contributed by atoms with Gasteiger partial charge in [0.15, 0.2) is 5.78 Å². The first kappa shape index (κ1) is 20.4. The van der Waals surface area contributed by atoms with Gasteiger partial charge in [-0.3, -0.25) is 4.79 Å². The highest BCUT2D eigenvalue weighted by atomic mass is 16.1. The van der Waals surface area contributed by atoms with Crippen molar-refractivity contribution in [3.05, 3.63) is 70.8 Å². The molecule has 2 aromatic rings. The van der Waals surface area contributed by atoms with Crippen molar-refractivity contribution in [2.75, 3.05) is 0 Å². The van der Waals surface area contributed by atoms with Crippen molar-refractivity contribution in [1.29, 1.82) is 0 Å². The molecule has 0 saturated heterocycles. The number of Topliss-reactive ketones (excluding diaryl/α,β-unsaturated/α-hetero) is 1. The molecular formula is C25H34O. The van der Waals surface area contributed by atoms with Crippen molar-refractivity contribution in [3.8, 4) is 0 Å². The summed E-state index contributed by atoms with van der Waals surface area (Å²) in [5.74, 6) is 0.201. The van der Waals surface area contributed by atoms with Crippen LogP contribution in [-0.4, -0.2) is 5.78 Å². The van der Waals surface area contributed by atoms with E-state index >= 15 is 0 Å². The van der Waals surface area contributed by atoms with Gasteiger partial charge in [-0.05, 0) is 30.9 Å². The quantitative estimate of drug-likeness (QED) is 0.294. The Morgan fingerprint density at radius 3 is 1.85 bits per heavy atom. The number of carbonyl (C=O) groups is 1. The summed E-state index contributed by atoms with van der Waals surface area (Å²) >= 11 is 0. The zero-order chi connectivity index (χ0) is 18.6. The largest absolute Gasteiger partial charge is 0.294 e. The van der Waals surface area contributed by atoms with Gasteiger partial charge < -0.3 is 0 Å². The van der Waals surface area contributed by atoms with Crippen molar-refractivity contribution in [1.82, 2.24) is 0 Å². The molecule has 140 valence electrons. The van der Waals surface area contributed by atoms with Gasteiger partial charge in [0.2, 0.25) is 0 Å². The SMILES string of the molecule is CCCCCCCCCCc1ccc(C(=O)Cc2ccc(C)cc2)cc1. The molecule has 0 aromatic heterocycles. The van der Waals surface area contributed by atoms with E-state index in [0.717, 1.165) is 17.5 Å². The van der Waals surface area contributed by atoms with E-state index in [-0.39, 0.29) is 5.78 Å². The Morgan fingerprint density at radius 1 is 0.692 bits per heavy atom. The second kappa shape index (κ2) is 11.7. The summed E-state index contributed by atoms with van der Waals surface area (Å²) in [7, 11) is 0. The lowest BCUT2D eigenvalue weighted by atomic mass is 9.99. The Labute approximate surface area is 159 Å². The van der Waals surface area contributed by atoms with Crippen molar-refractivity contribution in [2.24, 2.45) is 0 Å². The summed E-state index contributed by atoms with van der Waals surface area (Å²) in [6.45, 7) is 4.33. The van der Waals surface area contributed by atoms with Crippen LogP contribution in [0.4, 0.5) is 0 Å². The number of ketones is 1. The highest BCUT2D eigenvalue weighted by Crippen LogP contribution is 2.14.